The molecule has 1 heterocycles. The molecule has 5 heteroatoms. The van der Waals surface area contributed by atoms with E-state index in [0.29, 0.717) is 18.8 Å². The SMILES string of the molecule is NC(=O)N1CCN(Cc2cccc(O)c2)CC1. The molecule has 1 aliphatic rings. The zero-order valence-corrected chi connectivity index (χ0v) is 9.67. The second-order valence-corrected chi connectivity index (χ2v) is 4.27. The molecule has 0 atom stereocenters. The van der Waals surface area contributed by atoms with Crippen molar-refractivity contribution in [2.24, 2.45) is 5.73 Å². The van der Waals surface area contributed by atoms with E-state index < -0.39 is 0 Å². The van der Waals surface area contributed by atoms with Crippen molar-refractivity contribution in [1.29, 1.82) is 0 Å². The van der Waals surface area contributed by atoms with Gasteiger partial charge in [0.25, 0.3) is 0 Å². The fourth-order valence-corrected chi connectivity index (χ4v) is 2.04. The number of amides is 2. The first-order valence-electron chi connectivity index (χ1n) is 5.70. The lowest BCUT2D eigenvalue weighted by Gasteiger charge is -2.33. The molecule has 3 N–H and O–H groups in total. The van der Waals surface area contributed by atoms with Crippen molar-refractivity contribution >= 4 is 6.03 Å². The monoisotopic (exact) mass is 235 g/mol. The first-order valence-corrected chi connectivity index (χ1v) is 5.70. The molecular formula is C12H17N3O2. The predicted molar refractivity (Wildman–Crippen MR) is 64.5 cm³/mol. The highest BCUT2D eigenvalue weighted by Gasteiger charge is 2.18. The lowest BCUT2D eigenvalue weighted by atomic mass is 10.2. The Labute approximate surface area is 100 Å². The second-order valence-electron chi connectivity index (χ2n) is 4.27. The minimum Gasteiger partial charge on any atom is -0.508 e. The molecule has 0 aromatic heterocycles. The average molecular weight is 235 g/mol. The van der Waals surface area contributed by atoms with Crippen LogP contribution in [-0.4, -0.2) is 47.1 Å². The van der Waals surface area contributed by atoms with E-state index in [2.05, 4.69) is 4.90 Å². The zero-order chi connectivity index (χ0) is 12.3. The Morgan fingerprint density at radius 3 is 2.59 bits per heavy atom. The van der Waals surface area contributed by atoms with E-state index in [9.17, 15) is 9.90 Å². The van der Waals surface area contributed by atoms with Crippen LogP contribution >= 0.6 is 0 Å². The molecule has 1 aromatic rings. The Kier molecular flexibility index (Phi) is 3.49. The van der Waals surface area contributed by atoms with Gasteiger partial charge in [-0.1, -0.05) is 12.1 Å². The van der Waals surface area contributed by atoms with Crippen LogP contribution in [0.25, 0.3) is 0 Å². The summed E-state index contributed by atoms with van der Waals surface area (Å²) in [6.45, 7) is 3.78. The molecule has 1 saturated heterocycles. The third kappa shape index (κ3) is 3.10. The number of rotatable bonds is 2. The maximum atomic E-state index is 11.0. The number of benzene rings is 1. The van der Waals surface area contributed by atoms with E-state index in [1.54, 1.807) is 17.0 Å². The quantitative estimate of drug-likeness (QED) is 0.788. The van der Waals surface area contributed by atoms with Gasteiger partial charge in [0.1, 0.15) is 5.75 Å². The van der Waals surface area contributed by atoms with Crippen LogP contribution in [0.2, 0.25) is 0 Å². The van der Waals surface area contributed by atoms with Gasteiger partial charge in [-0.3, -0.25) is 4.90 Å². The summed E-state index contributed by atoms with van der Waals surface area (Å²) in [5.74, 6) is 0.290. The fraction of sp³-hybridized carbons (Fsp3) is 0.417. The van der Waals surface area contributed by atoms with E-state index in [1.807, 2.05) is 12.1 Å². The lowest BCUT2D eigenvalue weighted by molar-refractivity contribution is 0.140. The van der Waals surface area contributed by atoms with E-state index in [0.717, 1.165) is 25.2 Å². The average Bonchev–Trinajstić information content (AvgIpc) is 2.29. The number of hydrogen-bond donors (Lipinski definition) is 2. The Morgan fingerprint density at radius 2 is 2.00 bits per heavy atom. The first kappa shape index (κ1) is 11.7. The number of carbonyl (C=O) groups is 1. The molecule has 0 spiro atoms. The smallest absolute Gasteiger partial charge is 0.314 e. The van der Waals surface area contributed by atoms with E-state index in [-0.39, 0.29) is 6.03 Å². The first-order chi connectivity index (χ1) is 8.15. The topological polar surface area (TPSA) is 69.8 Å². The van der Waals surface area contributed by atoms with Crippen LogP contribution in [0.4, 0.5) is 4.79 Å². The normalized spacial score (nSPS) is 17.1. The van der Waals surface area contributed by atoms with Crippen molar-refractivity contribution < 1.29 is 9.90 Å². The standard InChI is InChI=1S/C12H17N3O2/c13-12(17)15-6-4-14(5-7-15)9-10-2-1-3-11(16)8-10/h1-3,8,16H,4-7,9H2,(H2,13,17). The van der Waals surface area contributed by atoms with Gasteiger partial charge in [-0.05, 0) is 17.7 Å². The van der Waals surface area contributed by atoms with Crippen molar-refractivity contribution in [3.63, 3.8) is 0 Å². The van der Waals surface area contributed by atoms with Gasteiger partial charge in [0.15, 0.2) is 0 Å². The molecule has 0 saturated carbocycles. The van der Waals surface area contributed by atoms with Crippen molar-refractivity contribution in [2.75, 3.05) is 26.2 Å². The number of hydrogen-bond acceptors (Lipinski definition) is 3. The minimum absolute atomic E-state index is 0.290. The molecule has 1 aromatic carbocycles. The summed E-state index contributed by atoms with van der Waals surface area (Å²) < 4.78 is 0. The Balaban J connectivity index is 1.88. The number of nitrogens with zero attached hydrogens (tertiary/aromatic N) is 2. The second kappa shape index (κ2) is 5.05. The summed E-state index contributed by atoms with van der Waals surface area (Å²) in [5.41, 5.74) is 6.30. The van der Waals surface area contributed by atoms with Gasteiger partial charge in [0.2, 0.25) is 0 Å². The van der Waals surface area contributed by atoms with Gasteiger partial charge >= 0.3 is 6.03 Å². The minimum atomic E-state index is -0.345. The highest BCUT2D eigenvalue weighted by atomic mass is 16.3. The number of carbonyl (C=O) groups excluding carboxylic acids is 1. The van der Waals surface area contributed by atoms with Gasteiger partial charge in [-0.25, -0.2) is 4.79 Å². The number of aromatic hydroxyl groups is 1. The third-order valence-corrected chi connectivity index (χ3v) is 3.00. The number of primary amides is 1. The number of nitrogens with two attached hydrogens (primary N) is 1. The third-order valence-electron chi connectivity index (χ3n) is 3.00. The molecule has 1 aliphatic heterocycles. The van der Waals surface area contributed by atoms with E-state index in [4.69, 9.17) is 5.73 Å². The number of phenols is 1. The van der Waals surface area contributed by atoms with Gasteiger partial charge in [-0.15, -0.1) is 0 Å². The van der Waals surface area contributed by atoms with Crippen LogP contribution in [0.15, 0.2) is 24.3 Å². The molecule has 0 aliphatic carbocycles. The molecular weight excluding hydrogens is 218 g/mol. The Morgan fingerprint density at radius 1 is 1.29 bits per heavy atom. The fourth-order valence-electron chi connectivity index (χ4n) is 2.04. The van der Waals surface area contributed by atoms with E-state index >= 15 is 0 Å². The Hall–Kier alpha value is -1.75. The molecule has 1 fully saturated rings. The van der Waals surface area contributed by atoms with Crippen molar-refractivity contribution in [3.05, 3.63) is 29.8 Å². The molecule has 2 rings (SSSR count). The maximum Gasteiger partial charge on any atom is 0.314 e. The van der Waals surface area contributed by atoms with Gasteiger partial charge in [0.05, 0.1) is 0 Å². The summed E-state index contributed by atoms with van der Waals surface area (Å²) in [6.07, 6.45) is 0. The van der Waals surface area contributed by atoms with Crippen LogP contribution in [0.3, 0.4) is 0 Å². The summed E-state index contributed by atoms with van der Waals surface area (Å²) in [7, 11) is 0. The largest absolute Gasteiger partial charge is 0.508 e. The van der Waals surface area contributed by atoms with Crippen molar-refractivity contribution in [1.82, 2.24) is 9.80 Å². The van der Waals surface area contributed by atoms with E-state index in [1.165, 1.54) is 0 Å². The molecule has 92 valence electrons. The summed E-state index contributed by atoms with van der Waals surface area (Å²) in [6, 6.07) is 6.90. The molecule has 0 unspecified atom stereocenters. The van der Waals surface area contributed by atoms with Crippen molar-refractivity contribution in [3.8, 4) is 5.75 Å². The van der Waals surface area contributed by atoms with Gasteiger partial charge < -0.3 is 15.7 Å². The lowest BCUT2D eigenvalue weighted by Crippen LogP contribution is -2.50. The number of piperazine rings is 1. The van der Waals surface area contributed by atoms with Crippen LogP contribution in [-0.2, 0) is 6.54 Å². The summed E-state index contributed by atoms with van der Waals surface area (Å²) in [5, 5.41) is 9.37. The maximum absolute atomic E-state index is 11.0. The molecule has 0 radical (unpaired) electrons. The van der Waals surface area contributed by atoms with Crippen LogP contribution in [0, 0.1) is 0 Å². The molecule has 5 nitrogen and oxygen atoms in total. The summed E-state index contributed by atoms with van der Waals surface area (Å²) in [4.78, 5) is 14.9. The van der Waals surface area contributed by atoms with Crippen LogP contribution < -0.4 is 5.73 Å². The highest BCUT2D eigenvalue weighted by molar-refractivity contribution is 5.72. The van der Waals surface area contributed by atoms with Gasteiger partial charge in [-0.2, -0.15) is 0 Å². The van der Waals surface area contributed by atoms with Gasteiger partial charge in [0, 0.05) is 32.7 Å². The molecule has 0 bridgehead atoms. The zero-order valence-electron chi connectivity index (χ0n) is 9.67. The van der Waals surface area contributed by atoms with Crippen LogP contribution in [0.5, 0.6) is 5.75 Å². The van der Waals surface area contributed by atoms with Crippen molar-refractivity contribution in [2.45, 2.75) is 6.54 Å². The molecule has 2 amide bonds. The predicted octanol–water partition coefficient (Wildman–Crippen LogP) is 0.588. The number of urea groups is 1. The van der Waals surface area contributed by atoms with Crippen LogP contribution in [0.1, 0.15) is 5.56 Å². The molecule has 17 heavy (non-hydrogen) atoms. The highest BCUT2D eigenvalue weighted by Crippen LogP contribution is 2.14. The Bertz CT molecular complexity index is 400. The number of phenolic OH excluding ortho intramolecular Hbond substituents is 1. The summed E-state index contributed by atoms with van der Waals surface area (Å²) >= 11 is 0.